The van der Waals surface area contributed by atoms with E-state index < -0.39 is 0 Å². The van der Waals surface area contributed by atoms with Gasteiger partial charge in [0, 0.05) is 16.9 Å². The molecule has 0 aliphatic heterocycles. The highest BCUT2D eigenvalue weighted by Gasteiger charge is 2.49. The fraction of sp³-hybridized carbons (Fsp3) is 0.278. The summed E-state index contributed by atoms with van der Waals surface area (Å²) in [6.45, 7) is 4.38. The van der Waals surface area contributed by atoms with Crippen molar-refractivity contribution in [2.75, 3.05) is 0 Å². The number of halogens is 1. The van der Waals surface area contributed by atoms with Gasteiger partial charge in [-0.2, -0.15) is 0 Å². The summed E-state index contributed by atoms with van der Waals surface area (Å²) >= 11 is 1.27. The fourth-order valence-corrected chi connectivity index (χ4v) is 2.77. The van der Waals surface area contributed by atoms with Gasteiger partial charge in [-0.1, -0.05) is 32.0 Å². The molecule has 0 saturated heterocycles. The molecular weight excluding hydrogens is 311 g/mol. The number of rotatable bonds is 2. The van der Waals surface area contributed by atoms with Crippen LogP contribution in [0, 0.1) is 11.2 Å². The highest BCUT2D eigenvalue weighted by atomic mass is 32.2. The lowest BCUT2D eigenvalue weighted by atomic mass is 10.1. The third-order valence-corrected chi connectivity index (χ3v) is 4.60. The zero-order valence-corrected chi connectivity index (χ0v) is 13.9. The van der Waals surface area contributed by atoms with E-state index in [0.717, 1.165) is 22.7 Å². The van der Waals surface area contributed by atoms with Crippen molar-refractivity contribution in [1.82, 2.24) is 4.98 Å². The Morgan fingerprint density at radius 1 is 1.22 bits per heavy atom. The summed E-state index contributed by atoms with van der Waals surface area (Å²) < 4.78 is 18.5. The number of oxazole rings is 1. The Bertz CT molecular complexity index is 801. The van der Waals surface area contributed by atoms with Crippen molar-refractivity contribution < 1.29 is 8.81 Å². The van der Waals surface area contributed by atoms with E-state index >= 15 is 0 Å². The quantitative estimate of drug-likeness (QED) is 0.662. The second-order valence-electron chi connectivity index (χ2n) is 6.34. The molecule has 0 spiro atoms. The van der Waals surface area contributed by atoms with Crippen LogP contribution in [0.2, 0.25) is 0 Å². The first kappa shape index (κ1) is 16.0. The van der Waals surface area contributed by atoms with Crippen molar-refractivity contribution in [3.05, 3.63) is 60.2 Å². The Balaban J connectivity index is 0.000000166. The molecule has 1 aliphatic carbocycles. The third-order valence-electron chi connectivity index (χ3n) is 4.06. The SMILES string of the molecule is CC1(C)CC1c1nc2ccc(F)cc2o1.NSc1ccccc1. The Kier molecular flexibility index (Phi) is 4.41. The molecule has 1 saturated carbocycles. The van der Waals surface area contributed by atoms with Crippen molar-refractivity contribution in [1.29, 1.82) is 0 Å². The van der Waals surface area contributed by atoms with Crippen LogP contribution < -0.4 is 5.14 Å². The van der Waals surface area contributed by atoms with Crippen molar-refractivity contribution >= 4 is 23.0 Å². The first-order valence-electron chi connectivity index (χ1n) is 7.47. The summed E-state index contributed by atoms with van der Waals surface area (Å²) in [5.74, 6) is 0.869. The standard InChI is InChI=1S/C12H12FNO.C6H7NS/c1-12(2)6-8(12)11-14-9-4-3-7(13)5-10(9)15-11;7-8-6-4-2-1-3-5-6/h3-5,8H,6H2,1-2H3;1-5H,7H2. The Morgan fingerprint density at radius 2 is 1.91 bits per heavy atom. The number of benzene rings is 2. The molecule has 120 valence electrons. The van der Waals surface area contributed by atoms with Crippen LogP contribution >= 0.6 is 11.9 Å². The number of aromatic nitrogens is 1. The average Bonchev–Trinajstić information content (AvgIpc) is 3.00. The van der Waals surface area contributed by atoms with Gasteiger partial charge in [0.25, 0.3) is 0 Å². The van der Waals surface area contributed by atoms with E-state index in [9.17, 15) is 4.39 Å². The van der Waals surface area contributed by atoms with Crippen molar-refractivity contribution in [3.63, 3.8) is 0 Å². The monoisotopic (exact) mass is 330 g/mol. The molecule has 1 aromatic heterocycles. The first-order valence-corrected chi connectivity index (χ1v) is 8.35. The van der Waals surface area contributed by atoms with Crippen LogP contribution in [-0.2, 0) is 0 Å². The van der Waals surface area contributed by atoms with Crippen molar-refractivity contribution in [2.45, 2.75) is 31.1 Å². The van der Waals surface area contributed by atoms with Crippen LogP contribution in [0.1, 0.15) is 32.1 Å². The van der Waals surface area contributed by atoms with Crippen LogP contribution in [0.3, 0.4) is 0 Å². The number of nitrogens with zero attached hydrogens (tertiary/aromatic N) is 1. The average molecular weight is 330 g/mol. The molecule has 1 fully saturated rings. The summed E-state index contributed by atoms with van der Waals surface area (Å²) in [7, 11) is 0. The summed E-state index contributed by atoms with van der Waals surface area (Å²) in [6.07, 6.45) is 1.10. The lowest BCUT2D eigenvalue weighted by Crippen LogP contribution is -1.89. The van der Waals surface area contributed by atoms with E-state index in [1.807, 2.05) is 30.3 Å². The van der Waals surface area contributed by atoms with Gasteiger partial charge in [-0.15, -0.1) is 0 Å². The van der Waals surface area contributed by atoms with Crippen LogP contribution in [-0.4, -0.2) is 4.98 Å². The van der Waals surface area contributed by atoms with E-state index in [1.54, 1.807) is 6.07 Å². The Morgan fingerprint density at radius 3 is 2.48 bits per heavy atom. The molecule has 4 rings (SSSR count). The van der Waals surface area contributed by atoms with Gasteiger partial charge in [-0.25, -0.2) is 9.37 Å². The molecule has 5 heteroatoms. The molecule has 1 atom stereocenters. The van der Waals surface area contributed by atoms with E-state index in [2.05, 4.69) is 18.8 Å². The van der Waals surface area contributed by atoms with Gasteiger partial charge in [-0.3, -0.25) is 5.14 Å². The molecular formula is C18H19FN2OS. The number of hydrogen-bond donors (Lipinski definition) is 1. The van der Waals surface area contributed by atoms with Gasteiger partial charge in [0.15, 0.2) is 11.5 Å². The van der Waals surface area contributed by atoms with Gasteiger partial charge in [0.1, 0.15) is 11.3 Å². The van der Waals surface area contributed by atoms with E-state index in [-0.39, 0.29) is 5.82 Å². The predicted molar refractivity (Wildman–Crippen MR) is 91.6 cm³/mol. The van der Waals surface area contributed by atoms with Crippen molar-refractivity contribution in [3.8, 4) is 0 Å². The molecule has 2 aromatic carbocycles. The highest BCUT2D eigenvalue weighted by molar-refractivity contribution is 7.97. The molecule has 23 heavy (non-hydrogen) atoms. The third kappa shape index (κ3) is 3.74. The summed E-state index contributed by atoms with van der Waals surface area (Å²) in [6, 6.07) is 14.3. The Labute approximate surface area is 139 Å². The molecule has 0 amide bonds. The number of nitrogens with two attached hydrogens (primary N) is 1. The molecule has 0 radical (unpaired) electrons. The van der Waals surface area contributed by atoms with Crippen LogP contribution in [0.15, 0.2) is 57.8 Å². The van der Waals surface area contributed by atoms with Gasteiger partial charge in [-0.05, 0) is 48.0 Å². The maximum Gasteiger partial charge on any atom is 0.199 e. The highest BCUT2D eigenvalue weighted by Crippen LogP contribution is 2.58. The normalized spacial score (nSPS) is 18.3. The van der Waals surface area contributed by atoms with Gasteiger partial charge < -0.3 is 4.42 Å². The molecule has 0 bridgehead atoms. The largest absolute Gasteiger partial charge is 0.440 e. The maximum absolute atomic E-state index is 12.9. The van der Waals surface area contributed by atoms with E-state index in [0.29, 0.717) is 16.9 Å². The minimum atomic E-state index is -0.278. The Hall–Kier alpha value is -1.85. The second-order valence-corrected chi connectivity index (χ2v) is 7.05. The topological polar surface area (TPSA) is 52.0 Å². The molecule has 1 heterocycles. The van der Waals surface area contributed by atoms with Gasteiger partial charge in [0.2, 0.25) is 0 Å². The lowest BCUT2D eigenvalue weighted by Gasteiger charge is -1.96. The lowest BCUT2D eigenvalue weighted by molar-refractivity contribution is 0.492. The van der Waals surface area contributed by atoms with Crippen molar-refractivity contribution in [2.24, 2.45) is 10.6 Å². The smallest absolute Gasteiger partial charge is 0.199 e. The molecule has 3 nitrogen and oxygen atoms in total. The zero-order chi connectivity index (χ0) is 16.4. The summed E-state index contributed by atoms with van der Waals surface area (Å²) in [5, 5.41) is 5.27. The van der Waals surface area contributed by atoms with Crippen LogP contribution in [0.4, 0.5) is 4.39 Å². The van der Waals surface area contributed by atoms with Crippen LogP contribution in [0.25, 0.3) is 11.1 Å². The molecule has 3 aromatic rings. The van der Waals surface area contributed by atoms with E-state index in [4.69, 9.17) is 9.56 Å². The summed E-state index contributed by atoms with van der Waals surface area (Å²) in [4.78, 5) is 5.48. The van der Waals surface area contributed by atoms with Gasteiger partial charge >= 0.3 is 0 Å². The summed E-state index contributed by atoms with van der Waals surface area (Å²) in [5.41, 5.74) is 1.58. The van der Waals surface area contributed by atoms with E-state index in [1.165, 1.54) is 24.1 Å². The molecule has 1 unspecified atom stereocenters. The fourth-order valence-electron chi connectivity index (χ4n) is 2.45. The van der Waals surface area contributed by atoms with Crippen LogP contribution in [0.5, 0.6) is 0 Å². The zero-order valence-electron chi connectivity index (χ0n) is 13.1. The number of hydrogen-bond acceptors (Lipinski definition) is 4. The minimum Gasteiger partial charge on any atom is -0.440 e. The second kappa shape index (κ2) is 6.34. The molecule has 1 aliphatic rings. The maximum atomic E-state index is 12.9. The van der Waals surface area contributed by atoms with Gasteiger partial charge in [0.05, 0.1) is 0 Å². The first-order chi connectivity index (χ1) is 11.0. The number of fused-ring (bicyclic) bond motifs is 1. The molecule has 2 N–H and O–H groups in total. The minimum absolute atomic E-state index is 0.278. The predicted octanol–water partition coefficient (Wildman–Crippen LogP) is 5.13.